The van der Waals surface area contributed by atoms with Crippen LogP contribution >= 0.6 is 11.6 Å². The Morgan fingerprint density at radius 2 is 2.08 bits per heavy atom. The van der Waals surface area contributed by atoms with Crippen molar-refractivity contribution < 1.29 is 13.6 Å². The van der Waals surface area contributed by atoms with Gasteiger partial charge in [0.15, 0.2) is 17.9 Å². The van der Waals surface area contributed by atoms with Gasteiger partial charge in [-0.25, -0.2) is 23.7 Å². The third-order valence-corrected chi connectivity index (χ3v) is 3.84. The maximum Gasteiger partial charge on any atom is 0.297 e. The minimum absolute atomic E-state index is 0.123. The number of carbonyl (C=O) groups excluding carboxylic acids is 1. The van der Waals surface area contributed by atoms with Gasteiger partial charge in [-0.3, -0.25) is 4.79 Å². The maximum absolute atomic E-state index is 13.1. The SMILES string of the molecule is Cc1c(Cl)cccc1Nc1nc(C(F)F)nc2cc(C=O)cnc12. The van der Waals surface area contributed by atoms with E-state index in [1.54, 1.807) is 25.1 Å². The van der Waals surface area contributed by atoms with Crippen LogP contribution in [0.3, 0.4) is 0 Å². The predicted octanol–water partition coefficient (Wildman–Crippen LogP) is 4.48. The molecule has 0 amide bonds. The largest absolute Gasteiger partial charge is 0.338 e. The molecular formula is C16H11ClF2N4O. The molecule has 0 fully saturated rings. The molecule has 122 valence electrons. The van der Waals surface area contributed by atoms with Crippen molar-refractivity contribution in [3.8, 4) is 0 Å². The van der Waals surface area contributed by atoms with Crippen LogP contribution in [-0.4, -0.2) is 21.2 Å². The zero-order valence-electron chi connectivity index (χ0n) is 12.4. The third-order valence-electron chi connectivity index (χ3n) is 3.43. The summed E-state index contributed by atoms with van der Waals surface area (Å²) in [5.41, 5.74) is 2.04. The monoisotopic (exact) mass is 348 g/mol. The summed E-state index contributed by atoms with van der Waals surface area (Å²) < 4.78 is 26.2. The smallest absolute Gasteiger partial charge is 0.297 e. The van der Waals surface area contributed by atoms with Crippen LogP contribution in [0.25, 0.3) is 11.0 Å². The Labute approximate surface area is 140 Å². The minimum atomic E-state index is -2.85. The van der Waals surface area contributed by atoms with Crippen LogP contribution in [0.1, 0.15) is 28.2 Å². The minimum Gasteiger partial charge on any atom is -0.338 e. The first-order valence-corrected chi connectivity index (χ1v) is 7.30. The second-order valence-corrected chi connectivity index (χ2v) is 5.43. The quantitative estimate of drug-likeness (QED) is 0.704. The van der Waals surface area contributed by atoms with Crippen LogP contribution in [-0.2, 0) is 0 Å². The Morgan fingerprint density at radius 1 is 1.29 bits per heavy atom. The highest BCUT2D eigenvalue weighted by Gasteiger charge is 2.17. The summed E-state index contributed by atoms with van der Waals surface area (Å²) in [7, 11) is 0. The standard InChI is InChI=1S/C16H11ClF2N4O/c1-8-10(17)3-2-4-11(8)21-15-13-12(5-9(7-24)6-20-13)22-16(23-15)14(18)19/h2-7,14H,1H3,(H,21,22,23). The van der Waals surface area contributed by atoms with E-state index in [4.69, 9.17) is 11.6 Å². The molecule has 1 aromatic carbocycles. The molecule has 3 rings (SSSR count). The Morgan fingerprint density at radius 3 is 2.79 bits per heavy atom. The number of rotatable bonds is 4. The lowest BCUT2D eigenvalue weighted by Gasteiger charge is -2.12. The van der Waals surface area contributed by atoms with Crippen LogP contribution in [0.5, 0.6) is 0 Å². The van der Waals surface area contributed by atoms with Crippen LogP contribution < -0.4 is 5.32 Å². The number of nitrogens with one attached hydrogen (secondary N) is 1. The van der Waals surface area contributed by atoms with E-state index in [0.717, 1.165) is 5.56 Å². The second kappa shape index (κ2) is 6.45. The Kier molecular flexibility index (Phi) is 4.35. The first-order valence-electron chi connectivity index (χ1n) is 6.92. The van der Waals surface area contributed by atoms with E-state index < -0.39 is 12.2 Å². The lowest BCUT2D eigenvalue weighted by molar-refractivity contribution is 0.112. The molecule has 0 aliphatic heterocycles. The van der Waals surface area contributed by atoms with E-state index in [-0.39, 0.29) is 22.4 Å². The van der Waals surface area contributed by atoms with Gasteiger partial charge in [-0.15, -0.1) is 0 Å². The number of pyridine rings is 1. The van der Waals surface area contributed by atoms with E-state index in [0.29, 0.717) is 17.0 Å². The van der Waals surface area contributed by atoms with E-state index in [9.17, 15) is 13.6 Å². The number of hydrogen-bond acceptors (Lipinski definition) is 5. The Bertz CT molecular complexity index is 933. The summed E-state index contributed by atoms with van der Waals surface area (Å²) in [6, 6.07) is 6.59. The second-order valence-electron chi connectivity index (χ2n) is 5.02. The fourth-order valence-electron chi connectivity index (χ4n) is 2.17. The van der Waals surface area contributed by atoms with Crippen molar-refractivity contribution in [1.29, 1.82) is 0 Å². The van der Waals surface area contributed by atoms with Crippen LogP contribution in [0.15, 0.2) is 30.5 Å². The first kappa shape index (κ1) is 16.2. The number of fused-ring (bicyclic) bond motifs is 1. The molecule has 0 radical (unpaired) electrons. The van der Waals surface area contributed by atoms with E-state index >= 15 is 0 Å². The Hall–Kier alpha value is -2.67. The highest BCUT2D eigenvalue weighted by atomic mass is 35.5. The first-order chi connectivity index (χ1) is 11.5. The molecule has 24 heavy (non-hydrogen) atoms. The maximum atomic E-state index is 13.1. The summed E-state index contributed by atoms with van der Waals surface area (Å²) in [5, 5.41) is 3.50. The van der Waals surface area contributed by atoms with Gasteiger partial charge < -0.3 is 5.32 Å². The molecule has 0 spiro atoms. The van der Waals surface area contributed by atoms with Gasteiger partial charge in [-0.05, 0) is 30.7 Å². The number of aromatic nitrogens is 3. The molecular weight excluding hydrogens is 338 g/mol. The van der Waals surface area contributed by atoms with E-state index in [1.165, 1.54) is 12.3 Å². The number of halogens is 3. The van der Waals surface area contributed by atoms with Crippen LogP contribution in [0.4, 0.5) is 20.3 Å². The number of anilines is 2. The van der Waals surface area contributed by atoms with E-state index in [1.807, 2.05) is 0 Å². The van der Waals surface area contributed by atoms with Gasteiger partial charge in [0, 0.05) is 22.5 Å². The highest BCUT2D eigenvalue weighted by molar-refractivity contribution is 6.31. The summed E-state index contributed by atoms with van der Waals surface area (Å²) in [5.74, 6) is -0.521. The number of aldehydes is 1. The Balaban J connectivity index is 2.18. The average Bonchev–Trinajstić information content (AvgIpc) is 2.58. The van der Waals surface area contributed by atoms with Gasteiger partial charge in [0.05, 0.1) is 5.52 Å². The summed E-state index contributed by atoms with van der Waals surface area (Å²) >= 11 is 6.07. The highest BCUT2D eigenvalue weighted by Crippen LogP contribution is 2.29. The summed E-state index contributed by atoms with van der Waals surface area (Å²) in [6.07, 6.45) is -0.947. The van der Waals surface area contributed by atoms with Crippen molar-refractivity contribution in [3.05, 3.63) is 52.4 Å². The van der Waals surface area contributed by atoms with Gasteiger partial charge in [0.2, 0.25) is 0 Å². The molecule has 0 aliphatic carbocycles. The molecule has 2 aromatic heterocycles. The van der Waals surface area contributed by atoms with Gasteiger partial charge in [-0.1, -0.05) is 17.7 Å². The molecule has 0 saturated heterocycles. The summed E-state index contributed by atoms with van der Waals surface area (Å²) in [4.78, 5) is 22.6. The van der Waals surface area contributed by atoms with Gasteiger partial charge in [-0.2, -0.15) is 0 Å². The van der Waals surface area contributed by atoms with Crippen molar-refractivity contribution >= 4 is 40.4 Å². The van der Waals surface area contributed by atoms with E-state index in [2.05, 4.69) is 20.3 Å². The van der Waals surface area contributed by atoms with Crippen molar-refractivity contribution in [2.45, 2.75) is 13.3 Å². The topological polar surface area (TPSA) is 67.8 Å². The average molecular weight is 349 g/mol. The lowest BCUT2D eigenvalue weighted by atomic mass is 10.2. The van der Waals surface area contributed by atoms with Gasteiger partial charge in [0.1, 0.15) is 5.52 Å². The molecule has 0 unspecified atom stereocenters. The number of benzene rings is 1. The number of carbonyl (C=O) groups is 1. The molecule has 8 heteroatoms. The normalized spacial score (nSPS) is 11.0. The zero-order chi connectivity index (χ0) is 17.3. The fraction of sp³-hybridized carbons (Fsp3) is 0.125. The molecule has 0 aliphatic rings. The fourth-order valence-corrected chi connectivity index (χ4v) is 2.35. The van der Waals surface area contributed by atoms with Gasteiger partial charge >= 0.3 is 0 Å². The molecule has 0 bridgehead atoms. The zero-order valence-corrected chi connectivity index (χ0v) is 13.2. The van der Waals surface area contributed by atoms with Crippen molar-refractivity contribution in [3.63, 3.8) is 0 Å². The third kappa shape index (κ3) is 3.03. The number of nitrogens with zero attached hydrogens (tertiary/aromatic N) is 3. The van der Waals surface area contributed by atoms with Gasteiger partial charge in [0.25, 0.3) is 6.43 Å². The molecule has 2 heterocycles. The predicted molar refractivity (Wildman–Crippen MR) is 87.1 cm³/mol. The lowest BCUT2D eigenvalue weighted by Crippen LogP contribution is -2.04. The summed E-state index contributed by atoms with van der Waals surface area (Å²) in [6.45, 7) is 1.79. The van der Waals surface area contributed by atoms with Crippen LogP contribution in [0, 0.1) is 6.92 Å². The molecule has 5 nitrogen and oxygen atoms in total. The molecule has 1 N–H and O–H groups in total. The number of alkyl halides is 2. The van der Waals surface area contributed by atoms with Crippen LogP contribution in [0.2, 0.25) is 5.02 Å². The molecule has 3 aromatic rings. The van der Waals surface area contributed by atoms with Crippen molar-refractivity contribution in [2.24, 2.45) is 0 Å². The molecule has 0 atom stereocenters. The molecule has 0 saturated carbocycles. The number of hydrogen-bond donors (Lipinski definition) is 1. The van der Waals surface area contributed by atoms with Crippen molar-refractivity contribution in [2.75, 3.05) is 5.32 Å². The van der Waals surface area contributed by atoms with Crippen molar-refractivity contribution in [1.82, 2.24) is 15.0 Å².